The van der Waals surface area contributed by atoms with E-state index in [9.17, 15) is 26.7 Å². The molecule has 0 unspecified atom stereocenters. The maximum atomic E-state index is 13.2. The summed E-state index contributed by atoms with van der Waals surface area (Å²) in [6, 6.07) is 0.541. The lowest BCUT2D eigenvalue weighted by Crippen LogP contribution is -2.24. The predicted octanol–water partition coefficient (Wildman–Crippen LogP) is 3.78. The molecule has 7 heteroatoms. The molecule has 1 nitrogen and oxygen atoms in total. The van der Waals surface area contributed by atoms with Gasteiger partial charge in [-0.15, -0.1) is 0 Å². The molecule has 0 heterocycles. The fraction of sp³-hybridized carbons (Fsp3) is 0.222. The van der Waals surface area contributed by atoms with Crippen molar-refractivity contribution in [2.75, 3.05) is 0 Å². The van der Waals surface area contributed by atoms with E-state index in [1.165, 1.54) is 6.92 Å². The Hall–Kier alpha value is -0.980. The van der Waals surface area contributed by atoms with Crippen molar-refractivity contribution in [3.63, 3.8) is 0 Å². The Morgan fingerprint density at radius 1 is 1.31 bits per heavy atom. The van der Waals surface area contributed by atoms with Gasteiger partial charge < -0.3 is 0 Å². The first kappa shape index (κ1) is 13.1. The third-order valence-corrected chi connectivity index (χ3v) is 2.57. The lowest BCUT2D eigenvalue weighted by molar-refractivity contribution is -0.0888. The topological polar surface area (TPSA) is 17.1 Å². The highest BCUT2D eigenvalue weighted by Crippen LogP contribution is 2.31. The summed E-state index contributed by atoms with van der Waals surface area (Å²) in [4.78, 5) is 10.8. The van der Waals surface area contributed by atoms with E-state index in [-0.39, 0.29) is 5.56 Å². The van der Waals surface area contributed by atoms with Crippen LogP contribution in [-0.4, -0.2) is 12.0 Å². The second-order valence-electron chi connectivity index (χ2n) is 3.01. The van der Waals surface area contributed by atoms with E-state index in [2.05, 4.69) is 15.9 Å². The molecule has 1 aromatic rings. The number of ketones is 1. The second-order valence-corrected chi connectivity index (χ2v) is 3.80. The summed E-state index contributed by atoms with van der Waals surface area (Å²) < 4.78 is 61.7. The van der Waals surface area contributed by atoms with Gasteiger partial charge in [0.1, 0.15) is 11.6 Å². The van der Waals surface area contributed by atoms with Crippen molar-refractivity contribution >= 4 is 21.7 Å². The normalized spacial score (nSPS) is 11.7. The molecule has 0 saturated carbocycles. The van der Waals surface area contributed by atoms with Gasteiger partial charge in [0.2, 0.25) is 0 Å². The number of benzene rings is 1. The van der Waals surface area contributed by atoms with E-state index in [4.69, 9.17) is 0 Å². The Bertz CT molecular complexity index is 452. The number of hydrogen-bond acceptors (Lipinski definition) is 1. The molecule has 0 amide bonds. The number of hydrogen-bond donors (Lipinski definition) is 0. The SMILES string of the molecule is Cc1cc(F)c(C(=O)C(F)(F)F)c(Br)c1F. The van der Waals surface area contributed by atoms with E-state index < -0.39 is 33.6 Å². The number of Topliss-reactive ketones (excluding diaryl/α,β-unsaturated/α-hetero) is 1. The van der Waals surface area contributed by atoms with Crippen LogP contribution < -0.4 is 0 Å². The average Bonchev–Trinajstić information content (AvgIpc) is 2.13. The van der Waals surface area contributed by atoms with Crippen molar-refractivity contribution < 1.29 is 26.7 Å². The molecule has 0 aliphatic heterocycles. The van der Waals surface area contributed by atoms with Gasteiger partial charge in [-0.25, -0.2) is 8.78 Å². The van der Waals surface area contributed by atoms with Crippen molar-refractivity contribution in [2.24, 2.45) is 0 Å². The third kappa shape index (κ3) is 2.23. The highest BCUT2D eigenvalue weighted by Gasteiger charge is 2.42. The van der Waals surface area contributed by atoms with Crippen molar-refractivity contribution in [2.45, 2.75) is 13.1 Å². The summed E-state index contributed by atoms with van der Waals surface area (Å²) >= 11 is 2.44. The van der Waals surface area contributed by atoms with Gasteiger partial charge in [-0.05, 0) is 34.5 Å². The van der Waals surface area contributed by atoms with Crippen molar-refractivity contribution in [1.82, 2.24) is 0 Å². The van der Waals surface area contributed by atoms with Gasteiger partial charge in [0.05, 0.1) is 10.0 Å². The lowest BCUT2D eigenvalue weighted by atomic mass is 10.1. The van der Waals surface area contributed by atoms with E-state index in [0.29, 0.717) is 6.07 Å². The Kier molecular flexibility index (Phi) is 3.37. The molecule has 16 heavy (non-hydrogen) atoms. The van der Waals surface area contributed by atoms with Crippen LogP contribution >= 0.6 is 15.9 Å². The number of carbonyl (C=O) groups excluding carboxylic acids is 1. The minimum atomic E-state index is -5.24. The molecule has 0 aliphatic rings. The number of carbonyl (C=O) groups is 1. The van der Waals surface area contributed by atoms with Crippen molar-refractivity contribution in [1.29, 1.82) is 0 Å². The molecular formula is C9H4BrF5O. The molecule has 0 radical (unpaired) electrons. The number of halogens is 6. The van der Waals surface area contributed by atoms with Gasteiger partial charge in [0.25, 0.3) is 5.78 Å². The molecule has 0 bridgehead atoms. The zero-order valence-corrected chi connectivity index (χ0v) is 9.34. The van der Waals surface area contributed by atoms with Crippen LogP contribution in [0.4, 0.5) is 22.0 Å². The summed E-state index contributed by atoms with van der Waals surface area (Å²) in [5, 5.41) is 0. The number of alkyl halides is 3. The average molecular weight is 303 g/mol. The monoisotopic (exact) mass is 302 g/mol. The molecule has 0 aromatic heterocycles. The summed E-state index contributed by atoms with van der Waals surface area (Å²) in [6.07, 6.45) is -5.24. The summed E-state index contributed by atoms with van der Waals surface area (Å²) in [6.45, 7) is 1.17. The van der Waals surface area contributed by atoms with E-state index in [1.54, 1.807) is 0 Å². The predicted molar refractivity (Wildman–Crippen MR) is 49.2 cm³/mol. The highest BCUT2D eigenvalue weighted by atomic mass is 79.9. The summed E-state index contributed by atoms with van der Waals surface area (Å²) in [5.74, 6) is -4.92. The maximum absolute atomic E-state index is 13.2. The first-order valence-electron chi connectivity index (χ1n) is 3.92. The van der Waals surface area contributed by atoms with Gasteiger partial charge in [-0.3, -0.25) is 4.79 Å². The maximum Gasteiger partial charge on any atom is 0.455 e. The standard InChI is InChI=1S/C9H4BrF5O/c1-3-2-4(11)5(6(10)7(3)12)8(16)9(13,14)15/h2H,1H3. The van der Waals surface area contributed by atoms with Crippen LogP contribution in [0.5, 0.6) is 0 Å². The van der Waals surface area contributed by atoms with Crippen LogP contribution in [0.15, 0.2) is 10.5 Å². The Balaban J connectivity index is 3.47. The van der Waals surface area contributed by atoms with Gasteiger partial charge in [0, 0.05) is 0 Å². The lowest BCUT2D eigenvalue weighted by Gasteiger charge is -2.10. The Morgan fingerprint density at radius 3 is 2.25 bits per heavy atom. The van der Waals surface area contributed by atoms with E-state index >= 15 is 0 Å². The first-order valence-corrected chi connectivity index (χ1v) is 4.71. The largest absolute Gasteiger partial charge is 0.455 e. The van der Waals surface area contributed by atoms with Crippen LogP contribution in [0.25, 0.3) is 0 Å². The van der Waals surface area contributed by atoms with Gasteiger partial charge in [-0.2, -0.15) is 13.2 Å². The van der Waals surface area contributed by atoms with E-state index in [1.807, 2.05) is 0 Å². The molecule has 0 spiro atoms. The van der Waals surface area contributed by atoms with Crippen molar-refractivity contribution in [3.05, 3.63) is 33.3 Å². The molecule has 0 fully saturated rings. The van der Waals surface area contributed by atoms with E-state index in [0.717, 1.165) is 0 Å². The zero-order valence-electron chi connectivity index (χ0n) is 7.75. The molecule has 88 valence electrons. The Labute approximate surface area is 95.4 Å². The molecule has 1 aromatic carbocycles. The summed E-state index contributed by atoms with van der Waals surface area (Å²) in [5.41, 5.74) is -1.53. The highest BCUT2D eigenvalue weighted by molar-refractivity contribution is 9.10. The van der Waals surface area contributed by atoms with Crippen molar-refractivity contribution in [3.8, 4) is 0 Å². The minimum absolute atomic E-state index is 0.192. The summed E-state index contributed by atoms with van der Waals surface area (Å²) in [7, 11) is 0. The minimum Gasteiger partial charge on any atom is -0.284 e. The quantitative estimate of drug-likeness (QED) is 0.438. The van der Waals surface area contributed by atoms with Crippen LogP contribution in [0.2, 0.25) is 0 Å². The molecule has 0 saturated heterocycles. The van der Waals surface area contributed by atoms with Crippen LogP contribution in [0.3, 0.4) is 0 Å². The van der Waals surface area contributed by atoms with Gasteiger partial charge in [-0.1, -0.05) is 0 Å². The number of aryl methyl sites for hydroxylation is 1. The fourth-order valence-electron chi connectivity index (χ4n) is 1.06. The molecule has 0 N–H and O–H groups in total. The zero-order chi connectivity index (χ0) is 12.7. The van der Waals surface area contributed by atoms with Crippen LogP contribution in [0, 0.1) is 18.6 Å². The number of rotatable bonds is 1. The van der Waals surface area contributed by atoms with Crippen LogP contribution in [-0.2, 0) is 0 Å². The Morgan fingerprint density at radius 2 is 1.81 bits per heavy atom. The molecule has 0 atom stereocenters. The van der Waals surface area contributed by atoms with Gasteiger partial charge >= 0.3 is 6.18 Å². The van der Waals surface area contributed by atoms with Crippen LogP contribution in [0.1, 0.15) is 15.9 Å². The third-order valence-electron chi connectivity index (χ3n) is 1.82. The smallest absolute Gasteiger partial charge is 0.284 e. The molecule has 0 aliphatic carbocycles. The fourth-order valence-corrected chi connectivity index (χ4v) is 1.75. The second kappa shape index (κ2) is 4.12. The first-order chi connectivity index (χ1) is 7.16. The molecular weight excluding hydrogens is 299 g/mol. The van der Waals surface area contributed by atoms with Gasteiger partial charge in [0.15, 0.2) is 0 Å². The molecule has 1 rings (SSSR count).